The zero-order valence-electron chi connectivity index (χ0n) is 18.7. The summed E-state index contributed by atoms with van der Waals surface area (Å²) < 4.78 is 10.6. The lowest BCUT2D eigenvalue weighted by Crippen LogP contribution is -2.30. The average Bonchev–Trinajstić information content (AvgIpc) is 3.57. The number of amides is 1. The second-order valence-electron chi connectivity index (χ2n) is 8.05. The number of rotatable bonds is 6. The molecule has 11 heteroatoms. The van der Waals surface area contributed by atoms with Crippen molar-refractivity contribution >= 4 is 34.4 Å². The van der Waals surface area contributed by atoms with E-state index in [1.807, 2.05) is 22.4 Å². The zero-order valence-corrected chi connectivity index (χ0v) is 19.5. The molecule has 0 radical (unpaired) electrons. The summed E-state index contributed by atoms with van der Waals surface area (Å²) in [5.41, 5.74) is 2.78. The highest BCUT2D eigenvalue weighted by Crippen LogP contribution is 2.43. The van der Waals surface area contributed by atoms with Gasteiger partial charge in [-0.3, -0.25) is 14.9 Å². The summed E-state index contributed by atoms with van der Waals surface area (Å²) in [6, 6.07) is 11.2. The summed E-state index contributed by atoms with van der Waals surface area (Å²) in [4.78, 5) is 26.8. The molecule has 0 fully saturated rings. The van der Waals surface area contributed by atoms with E-state index in [2.05, 4.69) is 10.5 Å². The van der Waals surface area contributed by atoms with Crippen LogP contribution in [0.5, 0.6) is 5.75 Å². The van der Waals surface area contributed by atoms with Crippen molar-refractivity contribution < 1.29 is 23.8 Å². The van der Waals surface area contributed by atoms with Crippen LogP contribution in [-0.2, 0) is 11.3 Å². The molecule has 3 aromatic heterocycles. The third-order valence-electron chi connectivity index (χ3n) is 5.74. The summed E-state index contributed by atoms with van der Waals surface area (Å²) in [5, 5.41) is 30.1. The van der Waals surface area contributed by atoms with Crippen LogP contribution in [0, 0.1) is 24.0 Å². The van der Waals surface area contributed by atoms with Gasteiger partial charge in [0.25, 0.3) is 5.91 Å². The maximum absolute atomic E-state index is 13.5. The Hall–Kier alpha value is -4.38. The van der Waals surface area contributed by atoms with Gasteiger partial charge < -0.3 is 24.3 Å². The Morgan fingerprint density at radius 2 is 2.11 bits per heavy atom. The van der Waals surface area contributed by atoms with E-state index >= 15 is 0 Å². The van der Waals surface area contributed by atoms with E-state index in [1.165, 1.54) is 23.5 Å². The molecule has 4 heterocycles. The Balaban J connectivity index is 1.60. The van der Waals surface area contributed by atoms with Crippen LogP contribution in [0.2, 0.25) is 0 Å². The van der Waals surface area contributed by atoms with Crippen LogP contribution in [0.25, 0.3) is 5.57 Å². The fraction of sp³-hybridized carbons (Fsp3) is 0.167. The highest BCUT2D eigenvalue weighted by Gasteiger charge is 2.33. The number of phenolic OH excluding ortho intramolecular Hbond substituents is 1. The molecule has 178 valence electrons. The molecule has 1 aliphatic heterocycles. The fourth-order valence-electron chi connectivity index (χ4n) is 4.16. The number of nitrogens with zero attached hydrogens (tertiary/aromatic N) is 3. The molecule has 0 bridgehead atoms. The molecule has 1 aliphatic rings. The number of aryl methyl sites for hydroxylation is 2. The number of aromatic nitrogens is 1. The Bertz CT molecular complexity index is 1430. The molecule has 1 unspecified atom stereocenters. The molecule has 2 N–H and O–H groups in total. The van der Waals surface area contributed by atoms with Crippen LogP contribution in [0.15, 0.2) is 63.0 Å². The number of nitrogens with one attached hydrogen (secondary N) is 1. The normalized spacial score (nSPS) is 15.0. The minimum absolute atomic E-state index is 0.0614. The van der Waals surface area contributed by atoms with Crippen LogP contribution >= 0.6 is 11.3 Å². The SMILES string of the molecule is Cc1noc(C)c1NC(=O)C1=CN(Cc2ccc([N+](=O)[O-])o2)C(c2cccs2)c2cc(O)ccc21. The number of carbonyl (C=O) groups is 1. The minimum Gasteiger partial charge on any atom is -0.508 e. The van der Waals surface area contributed by atoms with E-state index < -0.39 is 4.92 Å². The summed E-state index contributed by atoms with van der Waals surface area (Å²) in [7, 11) is 0. The van der Waals surface area contributed by atoms with Gasteiger partial charge in [0.15, 0.2) is 5.76 Å². The molecule has 1 aromatic carbocycles. The first kappa shape index (κ1) is 22.4. The molecule has 10 nitrogen and oxygen atoms in total. The number of nitro groups is 1. The number of carbonyl (C=O) groups excluding carboxylic acids is 1. The molecular formula is C24H20N4O6S. The Morgan fingerprint density at radius 1 is 1.29 bits per heavy atom. The first-order valence-corrected chi connectivity index (χ1v) is 11.5. The Labute approximate surface area is 203 Å². The second kappa shape index (κ2) is 8.76. The summed E-state index contributed by atoms with van der Waals surface area (Å²) in [6.07, 6.45) is 1.71. The third-order valence-corrected chi connectivity index (χ3v) is 6.67. The molecule has 0 spiro atoms. The van der Waals surface area contributed by atoms with Crippen molar-refractivity contribution in [3.05, 3.63) is 97.4 Å². The van der Waals surface area contributed by atoms with Gasteiger partial charge in [-0.1, -0.05) is 17.3 Å². The summed E-state index contributed by atoms with van der Waals surface area (Å²) in [5.74, 6) is 0.166. The van der Waals surface area contributed by atoms with Gasteiger partial charge in [0, 0.05) is 11.1 Å². The van der Waals surface area contributed by atoms with Crippen molar-refractivity contribution in [1.82, 2.24) is 10.1 Å². The first-order chi connectivity index (χ1) is 16.8. The van der Waals surface area contributed by atoms with E-state index in [4.69, 9.17) is 8.94 Å². The number of benzene rings is 1. The minimum atomic E-state index is -0.595. The van der Waals surface area contributed by atoms with Gasteiger partial charge in [-0.25, -0.2) is 0 Å². The number of fused-ring (bicyclic) bond motifs is 1. The highest BCUT2D eigenvalue weighted by molar-refractivity contribution is 7.10. The van der Waals surface area contributed by atoms with Crippen LogP contribution in [0.4, 0.5) is 11.6 Å². The van der Waals surface area contributed by atoms with Crippen molar-refractivity contribution in [2.45, 2.75) is 26.4 Å². The molecule has 0 saturated heterocycles. The average molecular weight is 493 g/mol. The topological polar surface area (TPSA) is 135 Å². The van der Waals surface area contributed by atoms with Gasteiger partial charge in [-0.2, -0.15) is 0 Å². The van der Waals surface area contributed by atoms with Crippen LogP contribution < -0.4 is 5.32 Å². The monoisotopic (exact) mass is 492 g/mol. The molecule has 5 rings (SSSR count). The van der Waals surface area contributed by atoms with Gasteiger partial charge in [0.2, 0.25) is 0 Å². The van der Waals surface area contributed by atoms with Crippen LogP contribution in [0.1, 0.15) is 39.3 Å². The number of hydrogen-bond acceptors (Lipinski definition) is 9. The number of anilines is 1. The Kier molecular flexibility index (Phi) is 5.61. The predicted molar refractivity (Wildman–Crippen MR) is 128 cm³/mol. The zero-order chi connectivity index (χ0) is 24.7. The maximum atomic E-state index is 13.5. The van der Waals surface area contributed by atoms with Crippen molar-refractivity contribution in [2.24, 2.45) is 0 Å². The molecule has 35 heavy (non-hydrogen) atoms. The quantitative estimate of drug-likeness (QED) is 0.279. The lowest BCUT2D eigenvalue weighted by Gasteiger charge is -2.36. The van der Waals surface area contributed by atoms with Crippen molar-refractivity contribution in [3.63, 3.8) is 0 Å². The number of furan rings is 1. The standard InChI is InChI=1S/C24H20N4O6S/c1-13-22(14(2)34-26-13)25-24(30)19-12-27(11-16-6-8-21(33-16)28(31)32)23(20-4-3-9-35-20)18-10-15(29)5-7-17(18)19/h3-10,12,23,29H,11H2,1-2H3,(H,25,30). The predicted octanol–water partition coefficient (Wildman–Crippen LogP) is 5.14. The lowest BCUT2D eigenvalue weighted by molar-refractivity contribution is -0.402. The smallest absolute Gasteiger partial charge is 0.433 e. The van der Waals surface area contributed by atoms with E-state index in [0.29, 0.717) is 34.0 Å². The first-order valence-electron chi connectivity index (χ1n) is 10.6. The second-order valence-corrected chi connectivity index (χ2v) is 9.03. The molecule has 1 atom stereocenters. The van der Waals surface area contributed by atoms with Gasteiger partial charge in [0.05, 0.1) is 24.2 Å². The number of hydrogen-bond donors (Lipinski definition) is 2. The van der Waals surface area contributed by atoms with Gasteiger partial charge in [-0.05, 0) is 54.6 Å². The fourth-order valence-corrected chi connectivity index (χ4v) is 5.03. The van der Waals surface area contributed by atoms with E-state index in [0.717, 1.165) is 10.4 Å². The largest absolute Gasteiger partial charge is 0.508 e. The van der Waals surface area contributed by atoms with Crippen molar-refractivity contribution in [3.8, 4) is 5.75 Å². The molecule has 4 aromatic rings. The molecular weight excluding hydrogens is 472 g/mol. The number of aromatic hydroxyl groups is 1. The Morgan fingerprint density at radius 3 is 2.77 bits per heavy atom. The molecule has 0 aliphatic carbocycles. The van der Waals surface area contributed by atoms with E-state index in [1.54, 1.807) is 38.2 Å². The van der Waals surface area contributed by atoms with Gasteiger partial charge in [0.1, 0.15) is 27.8 Å². The van der Waals surface area contributed by atoms with Crippen molar-refractivity contribution in [1.29, 1.82) is 0 Å². The van der Waals surface area contributed by atoms with E-state index in [9.17, 15) is 20.0 Å². The molecule has 1 amide bonds. The van der Waals surface area contributed by atoms with Crippen LogP contribution in [0.3, 0.4) is 0 Å². The van der Waals surface area contributed by atoms with Gasteiger partial charge >= 0.3 is 5.88 Å². The number of thiophene rings is 1. The maximum Gasteiger partial charge on any atom is 0.433 e. The third kappa shape index (κ3) is 4.17. The van der Waals surface area contributed by atoms with Crippen LogP contribution in [-0.4, -0.2) is 26.0 Å². The van der Waals surface area contributed by atoms with Gasteiger partial charge in [-0.15, -0.1) is 11.3 Å². The van der Waals surface area contributed by atoms with Crippen molar-refractivity contribution in [2.75, 3.05) is 5.32 Å². The lowest BCUT2D eigenvalue weighted by atomic mass is 9.89. The molecule has 0 saturated carbocycles. The summed E-state index contributed by atoms with van der Waals surface area (Å²) >= 11 is 1.53. The van der Waals surface area contributed by atoms with E-state index in [-0.39, 0.29) is 30.1 Å². The summed E-state index contributed by atoms with van der Waals surface area (Å²) in [6.45, 7) is 3.60. The highest BCUT2D eigenvalue weighted by atomic mass is 32.1. The number of phenols is 1.